The van der Waals surface area contributed by atoms with E-state index in [1.165, 1.54) is 32.4 Å². The Kier molecular flexibility index (Phi) is 5.24. The number of ether oxygens (including phenoxy) is 4. The van der Waals surface area contributed by atoms with E-state index in [2.05, 4.69) is 0 Å². The summed E-state index contributed by atoms with van der Waals surface area (Å²) < 4.78 is 23.8. The van der Waals surface area contributed by atoms with E-state index in [1.54, 1.807) is 12.1 Å². The Balaban J connectivity index is 2.00. The van der Waals surface area contributed by atoms with Crippen LogP contribution < -0.4 is 14.2 Å². The topological polar surface area (TPSA) is 132 Å². The minimum atomic E-state index is -1.66. The second-order valence-corrected chi connectivity index (χ2v) is 9.80. The zero-order valence-corrected chi connectivity index (χ0v) is 21.7. The molecule has 0 bridgehead atoms. The first-order valence-corrected chi connectivity index (χ1v) is 11.8. The quantitative estimate of drug-likeness (QED) is 0.267. The average molecular weight is 688 g/mol. The van der Waals surface area contributed by atoms with Gasteiger partial charge in [-0.1, -0.05) is 0 Å². The molecule has 174 valence electrons. The average Bonchev–Trinajstić information content (AvgIpc) is 3.10. The summed E-state index contributed by atoms with van der Waals surface area (Å²) in [5.74, 6) is -2.22. The van der Waals surface area contributed by atoms with Gasteiger partial charge in [-0.2, -0.15) is 0 Å². The van der Waals surface area contributed by atoms with Gasteiger partial charge in [-0.15, -0.1) is 0 Å². The van der Waals surface area contributed by atoms with Gasteiger partial charge in [0, 0.05) is 5.56 Å². The number of phenolic OH excluding ortho intramolecular Hbond substituents is 2. The first kappa shape index (κ1) is 22.8. The van der Waals surface area contributed by atoms with Gasteiger partial charge in [0.2, 0.25) is 11.5 Å². The molecule has 0 fully saturated rings. The summed E-state index contributed by atoms with van der Waals surface area (Å²) in [4.78, 5) is 24.9. The summed E-state index contributed by atoms with van der Waals surface area (Å²) >= 11 is 3.82. The third kappa shape index (κ3) is 2.88. The summed E-state index contributed by atoms with van der Waals surface area (Å²) in [6.45, 7) is 0. The molecule has 1 spiro atoms. The molecule has 0 radical (unpaired) electrons. The number of aromatic hydroxyl groups is 2. The molecule has 9 nitrogen and oxygen atoms in total. The second-order valence-electron chi connectivity index (χ2n) is 7.47. The second kappa shape index (κ2) is 7.80. The molecule has 3 N–H and O–H groups in total. The number of hydrogen-bond donors (Lipinski definition) is 3. The minimum absolute atomic E-state index is 0.0223. The number of hydrogen-bond acceptors (Lipinski definition) is 8. The number of halogens is 2. The van der Waals surface area contributed by atoms with Gasteiger partial charge in [-0.25, -0.2) is 9.59 Å². The maximum absolute atomic E-state index is 13.1. The third-order valence-electron chi connectivity index (χ3n) is 5.81. The van der Waals surface area contributed by atoms with Crippen LogP contribution in [0.25, 0.3) is 0 Å². The van der Waals surface area contributed by atoms with Crippen molar-refractivity contribution in [2.24, 2.45) is 0 Å². The molecule has 0 unspecified atom stereocenters. The molecule has 2 aliphatic heterocycles. The fourth-order valence-corrected chi connectivity index (χ4v) is 5.46. The van der Waals surface area contributed by atoms with E-state index >= 15 is 0 Å². The number of carboxylic acids is 1. The van der Waals surface area contributed by atoms with Crippen molar-refractivity contribution in [2.45, 2.75) is 5.60 Å². The molecule has 5 rings (SSSR count). The lowest BCUT2D eigenvalue weighted by Crippen LogP contribution is -2.34. The van der Waals surface area contributed by atoms with Crippen molar-refractivity contribution >= 4 is 57.1 Å². The van der Waals surface area contributed by atoms with Crippen LogP contribution in [0.5, 0.6) is 34.5 Å². The molecule has 0 aliphatic carbocycles. The van der Waals surface area contributed by atoms with Crippen molar-refractivity contribution in [2.75, 3.05) is 14.2 Å². The molecule has 0 aromatic heterocycles. The number of phenols is 2. The van der Waals surface area contributed by atoms with Crippen LogP contribution >= 0.6 is 45.2 Å². The van der Waals surface area contributed by atoms with Crippen LogP contribution in [0.15, 0.2) is 30.3 Å². The maximum atomic E-state index is 13.1. The predicted molar refractivity (Wildman–Crippen MR) is 134 cm³/mol. The molecule has 34 heavy (non-hydrogen) atoms. The summed E-state index contributed by atoms with van der Waals surface area (Å²) in [6.07, 6.45) is 0. The van der Waals surface area contributed by atoms with Gasteiger partial charge in [0.25, 0.3) is 0 Å². The predicted octanol–water partition coefficient (Wildman–Crippen LogP) is 4.59. The van der Waals surface area contributed by atoms with Crippen molar-refractivity contribution in [3.63, 3.8) is 0 Å². The van der Waals surface area contributed by atoms with Crippen LogP contribution in [0.1, 0.15) is 37.4 Å². The Hall–Kier alpha value is -2.94. The number of carbonyl (C=O) groups is 2. The highest BCUT2D eigenvalue weighted by Gasteiger charge is 2.56. The van der Waals surface area contributed by atoms with Gasteiger partial charge in [0.15, 0.2) is 28.6 Å². The first-order valence-electron chi connectivity index (χ1n) is 9.64. The fraction of sp³-hybridized carbons (Fsp3) is 0.130. The van der Waals surface area contributed by atoms with Crippen LogP contribution in [0.2, 0.25) is 0 Å². The van der Waals surface area contributed by atoms with Crippen LogP contribution in [0, 0.1) is 7.14 Å². The Morgan fingerprint density at radius 2 is 1.44 bits per heavy atom. The van der Waals surface area contributed by atoms with Crippen molar-refractivity contribution in [1.82, 2.24) is 0 Å². The van der Waals surface area contributed by atoms with Gasteiger partial charge >= 0.3 is 11.9 Å². The molecule has 2 heterocycles. The van der Waals surface area contributed by atoms with Crippen molar-refractivity contribution < 1.29 is 43.9 Å². The number of fused-ring (bicyclic) bond motifs is 6. The van der Waals surface area contributed by atoms with E-state index in [0.29, 0.717) is 18.3 Å². The summed E-state index contributed by atoms with van der Waals surface area (Å²) in [7, 11) is 2.69. The lowest BCUT2D eigenvalue weighted by atomic mass is 9.77. The monoisotopic (exact) mass is 688 g/mol. The summed E-state index contributed by atoms with van der Waals surface area (Å²) in [5, 5.41) is 30.9. The Labute approximate surface area is 219 Å². The normalized spacial score (nSPS) is 14.5. The molecule has 0 amide bonds. The molecule has 0 saturated carbocycles. The van der Waals surface area contributed by atoms with Gasteiger partial charge in [0.1, 0.15) is 0 Å². The van der Waals surface area contributed by atoms with E-state index in [0.717, 1.165) is 0 Å². The van der Waals surface area contributed by atoms with Gasteiger partial charge in [-0.3, -0.25) is 0 Å². The number of aromatic carboxylic acids is 1. The molecule has 2 aliphatic rings. The van der Waals surface area contributed by atoms with E-state index in [1.807, 2.05) is 45.2 Å². The molecule has 0 atom stereocenters. The highest BCUT2D eigenvalue weighted by Crippen LogP contribution is 2.63. The minimum Gasteiger partial charge on any atom is -0.503 e. The van der Waals surface area contributed by atoms with Gasteiger partial charge < -0.3 is 34.3 Å². The van der Waals surface area contributed by atoms with Gasteiger partial charge in [0.05, 0.1) is 43.6 Å². The van der Waals surface area contributed by atoms with Crippen molar-refractivity contribution in [3.05, 3.63) is 65.3 Å². The zero-order valence-electron chi connectivity index (χ0n) is 17.4. The van der Waals surface area contributed by atoms with Crippen molar-refractivity contribution in [3.8, 4) is 34.5 Å². The molecule has 11 heteroatoms. The number of carbonyl (C=O) groups excluding carboxylic acids is 1. The Morgan fingerprint density at radius 1 is 0.912 bits per heavy atom. The number of rotatable bonds is 3. The lowest BCUT2D eigenvalue weighted by molar-refractivity contribution is 0.0220. The fourth-order valence-electron chi connectivity index (χ4n) is 4.35. The van der Waals surface area contributed by atoms with Crippen molar-refractivity contribution in [1.29, 1.82) is 0 Å². The summed E-state index contributed by atoms with van der Waals surface area (Å²) in [6, 6.07) is 7.26. The Morgan fingerprint density at radius 3 is 1.91 bits per heavy atom. The van der Waals surface area contributed by atoms with Gasteiger partial charge in [-0.05, 0) is 75.5 Å². The maximum Gasteiger partial charge on any atom is 0.340 e. The molecule has 3 aromatic rings. The third-order valence-corrected chi connectivity index (χ3v) is 7.45. The van der Waals surface area contributed by atoms with Crippen LogP contribution in [-0.2, 0) is 10.3 Å². The zero-order chi connectivity index (χ0) is 24.5. The summed E-state index contributed by atoms with van der Waals surface area (Å²) in [5.41, 5.74) is -0.632. The lowest BCUT2D eigenvalue weighted by Gasteiger charge is -2.38. The number of carboxylic acid groups (broad SMARTS) is 1. The smallest absolute Gasteiger partial charge is 0.340 e. The highest BCUT2D eigenvalue weighted by molar-refractivity contribution is 14.1. The molecular weight excluding hydrogens is 674 g/mol. The van der Waals surface area contributed by atoms with Crippen LogP contribution in [0.4, 0.5) is 0 Å². The highest BCUT2D eigenvalue weighted by atomic mass is 127. The van der Waals surface area contributed by atoms with E-state index in [9.17, 15) is 24.9 Å². The number of benzene rings is 3. The molecular formula is C23H14I2O9. The van der Waals surface area contributed by atoms with E-state index in [-0.39, 0.29) is 51.2 Å². The van der Waals surface area contributed by atoms with E-state index < -0.39 is 17.5 Å². The first-order chi connectivity index (χ1) is 16.1. The standard InChI is InChI=1S/C23H14I2O9/c1-31-19-15(26)13(24)6-11-17(19)33-18-12(7-14(25)16(27)20(18)32-2)23(11)10-5-8(21(28)29)3-4-9(10)22(30)34-23/h3-7,26-27H,1-2H3,(H,28,29). The Bertz CT molecular complexity index is 1370. The number of esters is 1. The SMILES string of the molecule is COc1c(O)c(I)cc2c1Oc1c(cc(I)c(O)c1OC)C21OC(=O)c2ccc(C(=O)O)cc21. The largest absolute Gasteiger partial charge is 0.503 e. The van der Waals surface area contributed by atoms with E-state index in [4.69, 9.17) is 18.9 Å². The molecule has 3 aromatic carbocycles. The number of methoxy groups -OCH3 is 2. The van der Waals surface area contributed by atoms with Crippen LogP contribution in [0.3, 0.4) is 0 Å². The molecule has 0 saturated heterocycles. The van der Waals surface area contributed by atoms with Crippen LogP contribution in [-0.4, -0.2) is 41.5 Å².